The molecule has 0 aliphatic carbocycles. The van der Waals surface area contributed by atoms with Gasteiger partial charge in [0.1, 0.15) is 5.75 Å². The number of amides is 1. The van der Waals surface area contributed by atoms with Gasteiger partial charge in [-0.3, -0.25) is 10.1 Å². The van der Waals surface area contributed by atoms with Gasteiger partial charge in [-0.15, -0.1) is 16.9 Å². The summed E-state index contributed by atoms with van der Waals surface area (Å²) in [5.41, 5.74) is 1.27. The van der Waals surface area contributed by atoms with Gasteiger partial charge in [-0.2, -0.15) is 0 Å². The van der Waals surface area contributed by atoms with Crippen LogP contribution in [-0.2, 0) is 0 Å². The molecule has 1 N–H and O–H groups in total. The number of rotatable bonds is 5. The maximum absolute atomic E-state index is 12.2. The molecule has 0 saturated heterocycles. The number of thioether (sulfide) groups is 1. The average molecular weight is 341 g/mol. The molecule has 3 rings (SSSR count). The van der Waals surface area contributed by atoms with Crippen molar-refractivity contribution >= 4 is 23.7 Å². The molecule has 0 saturated carbocycles. The minimum atomic E-state index is -0.299. The fourth-order valence-electron chi connectivity index (χ4n) is 2.04. The number of ether oxygens (including phenoxy) is 1. The first kappa shape index (κ1) is 16.1. The molecule has 6 nitrogen and oxygen atoms in total. The molecule has 0 unspecified atom stereocenters. The van der Waals surface area contributed by atoms with Gasteiger partial charge < -0.3 is 9.15 Å². The summed E-state index contributed by atoms with van der Waals surface area (Å²) >= 11 is 1.62. The van der Waals surface area contributed by atoms with Crippen molar-refractivity contribution in [1.29, 1.82) is 0 Å². The molecule has 0 spiro atoms. The Morgan fingerprint density at radius 1 is 1.08 bits per heavy atom. The van der Waals surface area contributed by atoms with Crippen molar-refractivity contribution in [2.24, 2.45) is 0 Å². The van der Waals surface area contributed by atoms with Gasteiger partial charge >= 0.3 is 6.01 Å². The number of anilines is 1. The number of hydrogen-bond acceptors (Lipinski definition) is 6. The summed E-state index contributed by atoms with van der Waals surface area (Å²) in [6.45, 7) is 0. The number of hydrogen-bond donors (Lipinski definition) is 1. The predicted octanol–water partition coefficient (Wildman–Crippen LogP) is 3.72. The van der Waals surface area contributed by atoms with Crippen LogP contribution in [-0.4, -0.2) is 29.5 Å². The zero-order chi connectivity index (χ0) is 16.9. The SMILES string of the molecule is COc1ccc(-c2nnc(NC(=O)c3ccc(SC)cc3)o2)cc1. The maximum atomic E-state index is 12.2. The quantitative estimate of drug-likeness (QED) is 0.713. The highest BCUT2D eigenvalue weighted by Crippen LogP contribution is 2.23. The third kappa shape index (κ3) is 3.57. The van der Waals surface area contributed by atoms with Crippen molar-refractivity contribution in [3.05, 3.63) is 54.1 Å². The minimum absolute atomic E-state index is 0.0553. The fourth-order valence-corrected chi connectivity index (χ4v) is 2.44. The molecule has 7 heteroatoms. The number of benzene rings is 2. The molecule has 1 heterocycles. The highest BCUT2D eigenvalue weighted by atomic mass is 32.2. The molecule has 122 valence electrons. The van der Waals surface area contributed by atoms with Crippen LogP contribution in [0.5, 0.6) is 5.75 Å². The Balaban J connectivity index is 1.71. The van der Waals surface area contributed by atoms with Crippen LogP contribution >= 0.6 is 11.8 Å². The Kier molecular flexibility index (Phi) is 4.81. The zero-order valence-electron chi connectivity index (χ0n) is 13.1. The molecule has 0 radical (unpaired) electrons. The molecule has 0 aliphatic rings. The molecule has 1 amide bonds. The Bertz CT molecular complexity index is 829. The lowest BCUT2D eigenvalue weighted by atomic mass is 10.2. The Morgan fingerprint density at radius 3 is 2.42 bits per heavy atom. The number of nitrogens with zero attached hydrogens (tertiary/aromatic N) is 2. The van der Waals surface area contributed by atoms with Crippen molar-refractivity contribution in [3.8, 4) is 17.2 Å². The number of carbonyl (C=O) groups excluding carboxylic acids is 1. The van der Waals surface area contributed by atoms with Crippen LogP contribution in [0.4, 0.5) is 6.01 Å². The van der Waals surface area contributed by atoms with Crippen molar-refractivity contribution in [1.82, 2.24) is 10.2 Å². The molecular weight excluding hydrogens is 326 g/mol. The van der Waals surface area contributed by atoms with Gasteiger partial charge in [0.25, 0.3) is 5.91 Å². The zero-order valence-corrected chi connectivity index (χ0v) is 14.0. The van der Waals surface area contributed by atoms with E-state index in [1.807, 2.05) is 18.4 Å². The molecule has 0 fully saturated rings. The summed E-state index contributed by atoms with van der Waals surface area (Å²) in [5.74, 6) is 0.763. The van der Waals surface area contributed by atoms with Crippen LogP contribution in [0.1, 0.15) is 10.4 Å². The highest BCUT2D eigenvalue weighted by molar-refractivity contribution is 7.98. The third-order valence-electron chi connectivity index (χ3n) is 3.33. The van der Waals surface area contributed by atoms with Gasteiger partial charge in [0, 0.05) is 16.0 Å². The smallest absolute Gasteiger partial charge is 0.322 e. The van der Waals surface area contributed by atoms with Gasteiger partial charge in [-0.05, 0) is 54.8 Å². The van der Waals surface area contributed by atoms with E-state index in [2.05, 4.69) is 15.5 Å². The van der Waals surface area contributed by atoms with Gasteiger partial charge in [0.05, 0.1) is 7.11 Å². The molecule has 2 aromatic carbocycles. The van der Waals surface area contributed by atoms with Gasteiger partial charge in [0.15, 0.2) is 0 Å². The predicted molar refractivity (Wildman–Crippen MR) is 92.5 cm³/mol. The van der Waals surface area contributed by atoms with E-state index in [0.717, 1.165) is 16.2 Å². The Hall–Kier alpha value is -2.80. The normalized spacial score (nSPS) is 10.4. The molecule has 24 heavy (non-hydrogen) atoms. The lowest BCUT2D eigenvalue weighted by molar-refractivity contribution is 0.102. The molecule has 0 atom stereocenters. The lowest BCUT2D eigenvalue weighted by Crippen LogP contribution is -2.11. The van der Waals surface area contributed by atoms with E-state index in [1.165, 1.54) is 0 Å². The van der Waals surface area contributed by atoms with E-state index in [1.54, 1.807) is 55.3 Å². The van der Waals surface area contributed by atoms with Crippen LogP contribution in [0.25, 0.3) is 11.5 Å². The summed E-state index contributed by atoms with van der Waals surface area (Å²) < 4.78 is 10.6. The summed E-state index contributed by atoms with van der Waals surface area (Å²) in [6.07, 6.45) is 1.98. The highest BCUT2D eigenvalue weighted by Gasteiger charge is 2.13. The molecule has 0 aliphatic heterocycles. The summed E-state index contributed by atoms with van der Waals surface area (Å²) in [4.78, 5) is 13.3. The van der Waals surface area contributed by atoms with Crippen LogP contribution in [0, 0.1) is 0 Å². The van der Waals surface area contributed by atoms with E-state index in [0.29, 0.717) is 11.5 Å². The summed E-state index contributed by atoms with van der Waals surface area (Å²) in [7, 11) is 1.60. The van der Waals surface area contributed by atoms with Crippen molar-refractivity contribution < 1.29 is 13.9 Å². The summed E-state index contributed by atoms with van der Waals surface area (Å²) in [6, 6.07) is 14.5. The number of aromatic nitrogens is 2. The van der Waals surface area contributed by atoms with E-state index in [-0.39, 0.29) is 11.9 Å². The van der Waals surface area contributed by atoms with E-state index in [4.69, 9.17) is 9.15 Å². The largest absolute Gasteiger partial charge is 0.497 e. The van der Waals surface area contributed by atoms with E-state index in [9.17, 15) is 4.79 Å². The topological polar surface area (TPSA) is 77.3 Å². The Morgan fingerprint density at radius 2 is 1.79 bits per heavy atom. The van der Waals surface area contributed by atoms with Crippen molar-refractivity contribution in [3.63, 3.8) is 0 Å². The van der Waals surface area contributed by atoms with Gasteiger partial charge in [-0.25, -0.2) is 0 Å². The summed E-state index contributed by atoms with van der Waals surface area (Å²) in [5, 5.41) is 10.4. The first-order valence-electron chi connectivity index (χ1n) is 7.13. The number of nitrogens with one attached hydrogen (secondary N) is 1. The second kappa shape index (κ2) is 7.18. The van der Waals surface area contributed by atoms with E-state index >= 15 is 0 Å². The van der Waals surface area contributed by atoms with Gasteiger partial charge in [-0.1, -0.05) is 5.10 Å². The molecule has 0 bridgehead atoms. The number of carbonyl (C=O) groups is 1. The van der Waals surface area contributed by atoms with Crippen LogP contribution in [0.3, 0.4) is 0 Å². The third-order valence-corrected chi connectivity index (χ3v) is 4.08. The first-order valence-corrected chi connectivity index (χ1v) is 8.35. The van der Waals surface area contributed by atoms with Crippen molar-refractivity contribution in [2.45, 2.75) is 4.90 Å². The second-order valence-corrected chi connectivity index (χ2v) is 5.70. The van der Waals surface area contributed by atoms with Gasteiger partial charge in [0.2, 0.25) is 5.89 Å². The van der Waals surface area contributed by atoms with Crippen LogP contribution in [0.15, 0.2) is 57.8 Å². The Labute approximate surface area is 143 Å². The minimum Gasteiger partial charge on any atom is -0.497 e. The first-order chi connectivity index (χ1) is 11.7. The second-order valence-electron chi connectivity index (χ2n) is 4.82. The molecule has 3 aromatic rings. The lowest BCUT2D eigenvalue weighted by Gasteiger charge is -2.02. The van der Waals surface area contributed by atoms with Crippen molar-refractivity contribution in [2.75, 3.05) is 18.7 Å². The molecular formula is C17H15N3O3S. The fraction of sp³-hybridized carbons (Fsp3) is 0.118. The average Bonchev–Trinajstić information content (AvgIpc) is 3.10. The maximum Gasteiger partial charge on any atom is 0.322 e. The van der Waals surface area contributed by atoms with Crippen LogP contribution in [0.2, 0.25) is 0 Å². The molecule has 1 aromatic heterocycles. The number of methoxy groups -OCH3 is 1. The monoisotopic (exact) mass is 341 g/mol. The van der Waals surface area contributed by atoms with E-state index < -0.39 is 0 Å². The standard InChI is InChI=1S/C17H15N3O3S/c1-22-13-7-3-12(4-8-13)16-19-20-17(23-16)18-15(21)11-5-9-14(24-2)10-6-11/h3-10H,1-2H3,(H,18,20,21). The van der Waals surface area contributed by atoms with Crippen LogP contribution < -0.4 is 10.1 Å².